The molecular formula is C20H16N6O4. The number of amides is 1. The zero-order valence-electron chi connectivity index (χ0n) is 15.6. The number of nitrogens with zero attached hydrogens (tertiary/aromatic N) is 4. The van der Waals surface area contributed by atoms with Crippen molar-refractivity contribution in [3.8, 4) is 0 Å². The molecular weight excluding hydrogens is 388 g/mol. The highest BCUT2D eigenvalue weighted by Crippen LogP contribution is 2.19. The third-order valence-electron chi connectivity index (χ3n) is 4.45. The second kappa shape index (κ2) is 7.95. The number of carbonyl (C=O) groups excluding carboxylic acids is 1. The van der Waals surface area contributed by atoms with Gasteiger partial charge in [-0.05, 0) is 18.1 Å². The molecule has 0 atom stereocenters. The van der Waals surface area contributed by atoms with Crippen molar-refractivity contribution in [1.29, 1.82) is 0 Å². The van der Waals surface area contributed by atoms with Gasteiger partial charge in [-0.15, -0.1) is 5.10 Å². The van der Waals surface area contributed by atoms with Crippen LogP contribution in [0, 0.1) is 10.1 Å². The third-order valence-corrected chi connectivity index (χ3v) is 4.45. The van der Waals surface area contributed by atoms with Crippen molar-refractivity contribution in [2.24, 2.45) is 0 Å². The molecule has 4 rings (SSSR count). The van der Waals surface area contributed by atoms with Gasteiger partial charge in [-0.2, -0.15) is 9.50 Å². The standard InChI is InChI=1S/C20H16N6O4/c27-18-12-17(22-19(28)14-8-4-5-9-15(14)26(29)30)25-20(23-18)21-16(24-25)11-10-13-6-2-1-3-7-13/h1-9,12H,10-11H2,(H,22,28)(H,21,23,24,27). The van der Waals surface area contributed by atoms with Crippen molar-refractivity contribution >= 4 is 23.2 Å². The monoisotopic (exact) mass is 404 g/mol. The van der Waals surface area contributed by atoms with Crippen molar-refractivity contribution < 1.29 is 9.72 Å². The minimum absolute atomic E-state index is 0.0652. The maximum Gasteiger partial charge on any atom is 0.282 e. The highest BCUT2D eigenvalue weighted by molar-refractivity contribution is 6.06. The van der Waals surface area contributed by atoms with Crippen molar-refractivity contribution in [3.63, 3.8) is 0 Å². The van der Waals surface area contributed by atoms with E-state index in [4.69, 9.17) is 0 Å². The summed E-state index contributed by atoms with van der Waals surface area (Å²) in [5.74, 6) is -0.00351. The van der Waals surface area contributed by atoms with Crippen LogP contribution in [0.5, 0.6) is 0 Å². The van der Waals surface area contributed by atoms with E-state index in [2.05, 4.69) is 20.4 Å². The van der Waals surface area contributed by atoms with Crippen molar-refractivity contribution in [3.05, 3.63) is 98.1 Å². The Morgan fingerprint density at radius 1 is 1.10 bits per heavy atom. The van der Waals surface area contributed by atoms with Crippen LogP contribution in [0.4, 0.5) is 11.5 Å². The van der Waals surface area contributed by atoms with Crippen LogP contribution in [0.25, 0.3) is 5.78 Å². The molecule has 0 radical (unpaired) electrons. The third kappa shape index (κ3) is 3.92. The van der Waals surface area contributed by atoms with Gasteiger partial charge in [0.2, 0.25) is 5.78 Å². The van der Waals surface area contributed by atoms with Crippen LogP contribution in [-0.2, 0) is 12.8 Å². The Morgan fingerprint density at radius 3 is 2.60 bits per heavy atom. The molecule has 0 unspecified atom stereocenters. The lowest BCUT2D eigenvalue weighted by molar-refractivity contribution is -0.385. The number of rotatable bonds is 6. The molecule has 4 aromatic rings. The van der Waals surface area contributed by atoms with E-state index in [9.17, 15) is 19.7 Å². The largest absolute Gasteiger partial charge is 0.306 e. The SMILES string of the molecule is O=C(Nc1cc(=O)[nH]c2nc(CCc3ccccc3)nn12)c1ccccc1[N+](=O)[O-]. The smallest absolute Gasteiger partial charge is 0.282 e. The maximum atomic E-state index is 12.6. The van der Waals surface area contributed by atoms with E-state index in [0.29, 0.717) is 18.7 Å². The number of carbonyl (C=O) groups is 1. The van der Waals surface area contributed by atoms with Gasteiger partial charge in [0.1, 0.15) is 11.4 Å². The molecule has 1 amide bonds. The summed E-state index contributed by atoms with van der Waals surface area (Å²) >= 11 is 0. The number of nitro benzene ring substituents is 1. The van der Waals surface area contributed by atoms with Gasteiger partial charge >= 0.3 is 0 Å². The van der Waals surface area contributed by atoms with Gasteiger partial charge in [0, 0.05) is 18.6 Å². The lowest BCUT2D eigenvalue weighted by atomic mass is 10.1. The molecule has 0 spiro atoms. The molecule has 30 heavy (non-hydrogen) atoms. The van der Waals surface area contributed by atoms with Crippen LogP contribution in [0.15, 0.2) is 65.5 Å². The first-order valence-electron chi connectivity index (χ1n) is 9.09. The molecule has 0 saturated heterocycles. The number of nitro groups is 1. The minimum atomic E-state index is -0.726. The van der Waals surface area contributed by atoms with Crippen LogP contribution in [-0.4, -0.2) is 30.4 Å². The Morgan fingerprint density at radius 2 is 1.83 bits per heavy atom. The van der Waals surface area contributed by atoms with E-state index in [1.54, 1.807) is 0 Å². The molecule has 2 aromatic heterocycles. The molecule has 0 bridgehead atoms. The number of aryl methyl sites for hydroxylation is 2. The lowest BCUT2D eigenvalue weighted by Gasteiger charge is -2.06. The number of nitrogens with one attached hydrogen (secondary N) is 2. The van der Waals surface area contributed by atoms with Crippen molar-refractivity contribution in [2.75, 3.05) is 5.32 Å². The number of H-pyrrole nitrogens is 1. The van der Waals surface area contributed by atoms with Gasteiger partial charge in [-0.25, -0.2) is 0 Å². The summed E-state index contributed by atoms with van der Waals surface area (Å²) in [6.07, 6.45) is 1.24. The number of aromatic amines is 1. The normalized spacial score (nSPS) is 10.8. The molecule has 0 fully saturated rings. The summed E-state index contributed by atoms with van der Waals surface area (Å²) in [6.45, 7) is 0. The predicted octanol–water partition coefficient (Wildman–Crippen LogP) is 2.36. The number of benzene rings is 2. The number of anilines is 1. The molecule has 10 heteroatoms. The zero-order chi connectivity index (χ0) is 21.1. The van der Waals surface area contributed by atoms with Gasteiger partial charge in [-0.3, -0.25) is 24.7 Å². The van der Waals surface area contributed by atoms with Crippen LogP contribution in [0.3, 0.4) is 0 Å². The Kier molecular flexibility index (Phi) is 5.04. The van der Waals surface area contributed by atoms with Crippen LogP contribution in [0.1, 0.15) is 21.7 Å². The first kappa shape index (κ1) is 19.0. The molecule has 150 valence electrons. The predicted molar refractivity (Wildman–Crippen MR) is 109 cm³/mol. The van der Waals surface area contributed by atoms with Crippen LogP contribution in [0.2, 0.25) is 0 Å². The lowest BCUT2D eigenvalue weighted by Crippen LogP contribution is -2.19. The summed E-state index contributed by atoms with van der Waals surface area (Å²) in [5, 5.41) is 18.1. The Labute approximate surface area is 169 Å². The number of hydrogen-bond acceptors (Lipinski definition) is 6. The summed E-state index contributed by atoms with van der Waals surface area (Å²) in [6, 6.07) is 16.5. The summed E-state index contributed by atoms with van der Waals surface area (Å²) in [7, 11) is 0. The number of fused-ring (bicyclic) bond motifs is 1. The van der Waals surface area contributed by atoms with Crippen LogP contribution < -0.4 is 10.9 Å². The number of aromatic nitrogens is 4. The van der Waals surface area contributed by atoms with E-state index in [0.717, 1.165) is 11.6 Å². The second-order valence-corrected chi connectivity index (χ2v) is 6.50. The molecule has 0 aliphatic rings. The van der Waals surface area contributed by atoms with Gasteiger partial charge in [0.05, 0.1) is 4.92 Å². The molecule has 2 heterocycles. The Bertz CT molecular complexity index is 1300. The summed E-state index contributed by atoms with van der Waals surface area (Å²) in [4.78, 5) is 42.0. The van der Waals surface area contributed by atoms with Gasteiger partial charge in [0.25, 0.3) is 17.2 Å². The van der Waals surface area contributed by atoms with E-state index in [-0.39, 0.29) is 22.8 Å². The highest BCUT2D eigenvalue weighted by Gasteiger charge is 2.20. The molecule has 0 aliphatic heterocycles. The fraction of sp³-hybridized carbons (Fsp3) is 0.100. The molecule has 2 N–H and O–H groups in total. The fourth-order valence-electron chi connectivity index (χ4n) is 3.04. The molecule has 0 aliphatic carbocycles. The van der Waals surface area contributed by atoms with E-state index in [1.165, 1.54) is 28.8 Å². The molecule has 10 nitrogen and oxygen atoms in total. The first-order chi connectivity index (χ1) is 14.5. The molecule has 2 aromatic carbocycles. The van der Waals surface area contributed by atoms with E-state index in [1.807, 2.05) is 30.3 Å². The quantitative estimate of drug-likeness (QED) is 0.374. The average Bonchev–Trinajstić information content (AvgIpc) is 3.16. The van der Waals surface area contributed by atoms with E-state index >= 15 is 0 Å². The van der Waals surface area contributed by atoms with E-state index < -0.39 is 16.4 Å². The summed E-state index contributed by atoms with van der Waals surface area (Å²) < 4.78 is 1.30. The Balaban J connectivity index is 1.63. The minimum Gasteiger partial charge on any atom is -0.306 e. The molecule has 0 saturated carbocycles. The average molecular weight is 404 g/mol. The number of para-hydroxylation sites is 1. The summed E-state index contributed by atoms with van der Waals surface area (Å²) in [5.41, 5.74) is 0.177. The van der Waals surface area contributed by atoms with Crippen LogP contribution >= 0.6 is 0 Å². The first-order valence-corrected chi connectivity index (χ1v) is 9.09. The fourth-order valence-corrected chi connectivity index (χ4v) is 3.04. The highest BCUT2D eigenvalue weighted by atomic mass is 16.6. The van der Waals surface area contributed by atoms with Gasteiger partial charge in [-0.1, -0.05) is 42.5 Å². The second-order valence-electron chi connectivity index (χ2n) is 6.50. The number of hydrogen-bond donors (Lipinski definition) is 2. The Hall–Kier alpha value is -4.34. The topological polar surface area (TPSA) is 135 Å². The van der Waals surface area contributed by atoms with Crippen molar-refractivity contribution in [2.45, 2.75) is 12.8 Å². The maximum absolute atomic E-state index is 12.6. The van der Waals surface area contributed by atoms with Gasteiger partial charge < -0.3 is 5.32 Å². The van der Waals surface area contributed by atoms with Crippen molar-refractivity contribution in [1.82, 2.24) is 19.6 Å². The zero-order valence-corrected chi connectivity index (χ0v) is 15.6. The van der Waals surface area contributed by atoms with Gasteiger partial charge in [0.15, 0.2) is 5.82 Å².